The lowest BCUT2D eigenvalue weighted by molar-refractivity contribution is -0.146. The Labute approximate surface area is 146 Å². The summed E-state index contributed by atoms with van der Waals surface area (Å²) < 4.78 is 12.4. The fraction of sp³-hybridized carbons (Fsp3) is 0.812. The van der Waals surface area contributed by atoms with Crippen LogP contribution < -0.4 is 5.73 Å². The lowest BCUT2D eigenvalue weighted by Crippen LogP contribution is -2.56. The summed E-state index contributed by atoms with van der Waals surface area (Å²) in [5, 5.41) is 19.7. The van der Waals surface area contributed by atoms with E-state index in [2.05, 4.69) is 6.07 Å². The summed E-state index contributed by atoms with van der Waals surface area (Å²) in [5.74, 6) is -3.70. The second-order valence-electron chi connectivity index (χ2n) is 7.09. The number of nitrogens with two attached hydrogens (primary N) is 1. The van der Waals surface area contributed by atoms with E-state index >= 15 is 0 Å². The Balaban J connectivity index is 2.93. The van der Waals surface area contributed by atoms with Gasteiger partial charge >= 0.3 is 13.6 Å². The minimum Gasteiger partial charge on any atom is -0.481 e. The van der Waals surface area contributed by atoms with Gasteiger partial charge in [-0.2, -0.15) is 5.26 Å². The lowest BCUT2D eigenvalue weighted by atomic mass is 9.53. The number of carbonyl (C=O) groups is 2. The van der Waals surface area contributed by atoms with E-state index < -0.39 is 59.6 Å². The van der Waals surface area contributed by atoms with Crippen LogP contribution in [0, 0.1) is 39.4 Å². The Kier molecular flexibility index (Phi) is 4.72. The molecule has 140 valence electrons. The molecule has 2 saturated carbocycles. The summed E-state index contributed by atoms with van der Waals surface area (Å²) >= 11 is 0. The number of aliphatic carboxylic acids is 1. The van der Waals surface area contributed by atoms with Gasteiger partial charge in [0.2, 0.25) is 0 Å². The molecule has 2 rings (SSSR count). The van der Waals surface area contributed by atoms with Crippen LogP contribution in [0.5, 0.6) is 0 Å². The molecule has 0 aromatic carbocycles. The molecular weight excluding hydrogens is 347 g/mol. The third-order valence-corrected chi connectivity index (χ3v) is 8.46. The Bertz CT molecular complexity index is 699. The van der Waals surface area contributed by atoms with Crippen LogP contribution in [-0.4, -0.2) is 38.8 Å². The molecule has 5 N–H and O–H groups in total. The average Bonchev–Trinajstić information content (AvgIpc) is 3.16. The van der Waals surface area contributed by atoms with Crippen molar-refractivity contribution in [3.05, 3.63) is 0 Å². The number of ketones is 1. The van der Waals surface area contributed by atoms with Crippen molar-refractivity contribution in [2.24, 2.45) is 33.8 Å². The Morgan fingerprint density at radius 1 is 1.20 bits per heavy atom. The van der Waals surface area contributed by atoms with Gasteiger partial charge in [-0.05, 0) is 25.2 Å². The molecule has 6 unspecified atom stereocenters. The molecule has 2 aliphatic carbocycles. The van der Waals surface area contributed by atoms with Gasteiger partial charge in [0.25, 0.3) is 0 Å². The molecule has 0 aromatic heterocycles. The van der Waals surface area contributed by atoms with Gasteiger partial charge in [0, 0.05) is 5.41 Å². The molecule has 0 aromatic rings. The molecule has 0 spiro atoms. The van der Waals surface area contributed by atoms with Crippen LogP contribution in [0.1, 0.15) is 40.0 Å². The number of Topliss-reactive ketones (excluding diaryl/α,β-unsaturated/α-hetero) is 1. The number of hydrogen-bond donors (Lipinski definition) is 4. The third kappa shape index (κ3) is 1.95. The smallest absolute Gasteiger partial charge is 0.330 e. The first-order chi connectivity index (χ1) is 11.5. The SMILES string of the molecule is CCC1(C(=O)CN)C(P(=O)(O)O)C2C(C(=O)O)C2(CC)C1(C#N)CC. The van der Waals surface area contributed by atoms with Crippen molar-refractivity contribution in [3.63, 3.8) is 0 Å². The van der Waals surface area contributed by atoms with Crippen molar-refractivity contribution >= 4 is 19.3 Å². The van der Waals surface area contributed by atoms with E-state index in [1.807, 2.05) is 0 Å². The van der Waals surface area contributed by atoms with Crippen molar-refractivity contribution in [3.8, 4) is 6.07 Å². The molecule has 0 heterocycles. The zero-order valence-corrected chi connectivity index (χ0v) is 15.5. The third-order valence-electron chi connectivity index (χ3n) is 6.98. The second-order valence-corrected chi connectivity index (χ2v) is 8.83. The molecule has 2 aliphatic rings. The number of nitrogens with zero attached hydrogens (tertiary/aromatic N) is 1. The predicted octanol–water partition coefficient (Wildman–Crippen LogP) is 1.12. The maximum Gasteiger partial charge on any atom is 0.330 e. The lowest BCUT2D eigenvalue weighted by Gasteiger charge is -2.48. The summed E-state index contributed by atoms with van der Waals surface area (Å²) in [5.41, 5.74) is -0.183. The van der Waals surface area contributed by atoms with Crippen molar-refractivity contribution in [2.45, 2.75) is 45.7 Å². The monoisotopic (exact) mass is 372 g/mol. The molecule has 6 atom stereocenters. The standard InChI is InChI=1S/C16H25N2O6P/c1-4-14(8-18)15(5-2,9(19)7-17)12(25(22,23)24)10-11(13(20)21)16(10,14)6-3/h10-12H,4-7,17H2,1-3H3,(H,20,21)(H2,22,23,24). The van der Waals surface area contributed by atoms with E-state index in [4.69, 9.17) is 5.73 Å². The summed E-state index contributed by atoms with van der Waals surface area (Å²) in [6, 6.07) is 2.17. The van der Waals surface area contributed by atoms with Crippen LogP contribution in [0.2, 0.25) is 0 Å². The van der Waals surface area contributed by atoms with Crippen molar-refractivity contribution in [2.75, 3.05) is 6.54 Å². The topological polar surface area (TPSA) is 162 Å². The van der Waals surface area contributed by atoms with E-state index in [-0.39, 0.29) is 19.3 Å². The largest absolute Gasteiger partial charge is 0.481 e. The number of carbonyl (C=O) groups excluding carboxylic acids is 1. The first-order valence-corrected chi connectivity index (χ1v) is 10.1. The van der Waals surface area contributed by atoms with Crippen molar-refractivity contribution in [1.82, 2.24) is 0 Å². The highest BCUT2D eigenvalue weighted by Crippen LogP contribution is 2.88. The molecule has 0 saturated heterocycles. The highest BCUT2D eigenvalue weighted by molar-refractivity contribution is 7.52. The summed E-state index contributed by atoms with van der Waals surface area (Å²) in [6.45, 7) is 4.55. The number of fused-ring (bicyclic) bond motifs is 1. The van der Waals surface area contributed by atoms with Crippen LogP contribution >= 0.6 is 7.60 Å². The summed E-state index contributed by atoms with van der Waals surface area (Å²) in [7, 11) is -4.86. The van der Waals surface area contributed by atoms with E-state index in [0.29, 0.717) is 0 Å². The van der Waals surface area contributed by atoms with Crippen LogP contribution in [0.25, 0.3) is 0 Å². The van der Waals surface area contributed by atoms with E-state index in [1.54, 1.807) is 20.8 Å². The zero-order chi connectivity index (χ0) is 19.4. The second kappa shape index (κ2) is 5.88. The van der Waals surface area contributed by atoms with E-state index in [0.717, 1.165) is 0 Å². The van der Waals surface area contributed by atoms with E-state index in [1.165, 1.54) is 0 Å². The fourth-order valence-electron chi connectivity index (χ4n) is 6.31. The van der Waals surface area contributed by atoms with Gasteiger partial charge in [-0.3, -0.25) is 14.2 Å². The van der Waals surface area contributed by atoms with Gasteiger partial charge < -0.3 is 20.6 Å². The van der Waals surface area contributed by atoms with Crippen LogP contribution in [0.15, 0.2) is 0 Å². The molecular formula is C16H25N2O6P. The highest BCUT2D eigenvalue weighted by atomic mass is 31.2. The van der Waals surface area contributed by atoms with Crippen LogP contribution in [0.4, 0.5) is 0 Å². The number of carboxylic acid groups (broad SMARTS) is 1. The maximum absolute atomic E-state index is 12.9. The molecule has 0 aliphatic heterocycles. The number of carboxylic acids is 1. The zero-order valence-electron chi connectivity index (χ0n) is 14.6. The van der Waals surface area contributed by atoms with Gasteiger partial charge in [-0.15, -0.1) is 0 Å². The van der Waals surface area contributed by atoms with Gasteiger partial charge in [0.1, 0.15) is 0 Å². The highest BCUT2D eigenvalue weighted by Gasteiger charge is 2.92. The molecule has 0 radical (unpaired) electrons. The fourth-order valence-corrected chi connectivity index (χ4v) is 8.28. The first-order valence-electron chi connectivity index (χ1n) is 8.46. The van der Waals surface area contributed by atoms with Gasteiger partial charge in [0.15, 0.2) is 5.78 Å². The average molecular weight is 372 g/mol. The Morgan fingerprint density at radius 2 is 1.76 bits per heavy atom. The number of rotatable bonds is 7. The quantitative estimate of drug-likeness (QED) is 0.483. The maximum atomic E-state index is 12.9. The molecule has 0 amide bonds. The van der Waals surface area contributed by atoms with Gasteiger partial charge in [-0.25, -0.2) is 0 Å². The molecule has 25 heavy (non-hydrogen) atoms. The number of hydrogen-bond acceptors (Lipinski definition) is 5. The van der Waals surface area contributed by atoms with E-state index in [9.17, 15) is 34.3 Å². The minimum absolute atomic E-state index is 0.0325. The summed E-state index contributed by atoms with van der Waals surface area (Å²) in [4.78, 5) is 44.8. The van der Waals surface area contributed by atoms with Gasteiger partial charge in [-0.1, -0.05) is 20.8 Å². The summed E-state index contributed by atoms with van der Waals surface area (Å²) in [6.07, 6.45) is 0.421. The van der Waals surface area contributed by atoms with Crippen LogP contribution in [0.3, 0.4) is 0 Å². The first kappa shape index (κ1) is 20.1. The van der Waals surface area contributed by atoms with Gasteiger partial charge in [0.05, 0.1) is 35.0 Å². The molecule has 8 nitrogen and oxygen atoms in total. The molecule has 0 bridgehead atoms. The molecule has 9 heteroatoms. The normalized spacial score (nSPS) is 42.5. The number of nitriles is 1. The Hall–Kier alpha value is -1.26. The predicted molar refractivity (Wildman–Crippen MR) is 88.3 cm³/mol. The van der Waals surface area contributed by atoms with Crippen molar-refractivity contribution in [1.29, 1.82) is 5.26 Å². The van der Waals surface area contributed by atoms with Crippen molar-refractivity contribution < 1.29 is 29.0 Å². The van der Waals surface area contributed by atoms with Crippen LogP contribution in [-0.2, 0) is 14.2 Å². The minimum atomic E-state index is -4.86. The Morgan fingerprint density at radius 3 is 2.04 bits per heavy atom. The molecule has 2 fully saturated rings.